The fraction of sp³-hybridized carbons (Fsp3) is 0.200. The molecule has 4 heteroatoms. The van der Waals surface area contributed by atoms with Gasteiger partial charge in [0.2, 0.25) is 0 Å². The molecule has 0 spiro atoms. The number of rotatable bonds is 4. The highest BCUT2D eigenvalue weighted by atomic mass is 79.9. The highest BCUT2D eigenvalue weighted by Crippen LogP contribution is 2.34. The number of para-hydroxylation sites is 1. The van der Waals surface area contributed by atoms with Crippen molar-refractivity contribution in [1.29, 1.82) is 0 Å². The largest absolute Gasteiger partial charge is 0.496 e. The molecule has 1 nitrogen and oxygen atoms in total. The highest BCUT2D eigenvalue weighted by molar-refractivity contribution is 9.09. The van der Waals surface area contributed by atoms with Crippen molar-refractivity contribution in [1.82, 2.24) is 0 Å². The summed E-state index contributed by atoms with van der Waals surface area (Å²) >= 11 is 15.6. The third kappa shape index (κ3) is 3.65. The zero-order valence-corrected chi connectivity index (χ0v) is 13.5. The predicted octanol–water partition coefficient (Wildman–Crippen LogP) is 5.68. The lowest BCUT2D eigenvalue weighted by Crippen LogP contribution is -1.98. The van der Waals surface area contributed by atoms with Gasteiger partial charge in [0.05, 0.1) is 17.2 Å². The molecule has 1 unspecified atom stereocenters. The van der Waals surface area contributed by atoms with E-state index in [0.717, 1.165) is 23.3 Å². The van der Waals surface area contributed by atoms with Crippen molar-refractivity contribution in [3.05, 3.63) is 63.6 Å². The molecule has 2 aromatic carbocycles. The zero-order valence-electron chi connectivity index (χ0n) is 10.4. The van der Waals surface area contributed by atoms with Crippen molar-refractivity contribution in [3.63, 3.8) is 0 Å². The lowest BCUT2D eigenvalue weighted by Gasteiger charge is -2.14. The van der Waals surface area contributed by atoms with E-state index < -0.39 is 0 Å². The molecule has 2 aromatic rings. The normalized spacial score (nSPS) is 12.2. The monoisotopic (exact) mass is 358 g/mol. The molecule has 0 aliphatic heterocycles. The van der Waals surface area contributed by atoms with Gasteiger partial charge in [-0.1, -0.05) is 63.4 Å². The molecule has 0 N–H and O–H groups in total. The smallest absolute Gasteiger partial charge is 0.123 e. The van der Waals surface area contributed by atoms with Gasteiger partial charge < -0.3 is 4.74 Å². The number of benzene rings is 2. The van der Waals surface area contributed by atoms with Crippen LogP contribution >= 0.6 is 39.1 Å². The Hall–Kier alpha value is -0.700. The lowest BCUT2D eigenvalue weighted by atomic mass is 10.0. The van der Waals surface area contributed by atoms with Crippen LogP contribution in [-0.4, -0.2) is 7.11 Å². The van der Waals surface area contributed by atoms with Gasteiger partial charge in [0, 0.05) is 10.4 Å². The van der Waals surface area contributed by atoms with Gasteiger partial charge in [-0.15, -0.1) is 0 Å². The Kier molecular flexibility index (Phi) is 5.14. The third-order valence-corrected chi connectivity index (χ3v) is 4.43. The lowest BCUT2D eigenvalue weighted by molar-refractivity contribution is 0.409. The van der Waals surface area contributed by atoms with Crippen LogP contribution in [0.1, 0.15) is 16.0 Å². The summed E-state index contributed by atoms with van der Waals surface area (Å²) in [6.07, 6.45) is 0.817. The fourth-order valence-electron chi connectivity index (χ4n) is 1.91. The number of alkyl halides is 1. The molecule has 0 saturated carbocycles. The second kappa shape index (κ2) is 6.65. The molecular formula is C15H13BrCl2O. The predicted molar refractivity (Wildman–Crippen MR) is 84.8 cm³/mol. The molecule has 0 radical (unpaired) electrons. The van der Waals surface area contributed by atoms with Gasteiger partial charge in [0.25, 0.3) is 0 Å². The third-order valence-electron chi connectivity index (χ3n) is 2.88. The Morgan fingerprint density at radius 3 is 2.53 bits per heavy atom. The minimum atomic E-state index is 0.167. The zero-order chi connectivity index (χ0) is 13.8. The van der Waals surface area contributed by atoms with Crippen LogP contribution in [0, 0.1) is 0 Å². The average molecular weight is 360 g/mol. The van der Waals surface area contributed by atoms with E-state index >= 15 is 0 Å². The van der Waals surface area contributed by atoms with Crippen molar-refractivity contribution in [2.24, 2.45) is 0 Å². The van der Waals surface area contributed by atoms with Crippen LogP contribution in [-0.2, 0) is 6.42 Å². The molecule has 0 heterocycles. The van der Waals surface area contributed by atoms with E-state index in [1.54, 1.807) is 7.11 Å². The van der Waals surface area contributed by atoms with Crippen LogP contribution < -0.4 is 4.74 Å². The van der Waals surface area contributed by atoms with E-state index in [1.807, 2.05) is 36.4 Å². The van der Waals surface area contributed by atoms with E-state index in [0.29, 0.717) is 10.0 Å². The molecule has 100 valence electrons. The Morgan fingerprint density at radius 2 is 1.84 bits per heavy atom. The Balaban J connectivity index is 2.20. The molecule has 0 fully saturated rings. The van der Waals surface area contributed by atoms with Gasteiger partial charge in [-0.3, -0.25) is 0 Å². The molecule has 0 aromatic heterocycles. The Bertz CT molecular complexity index is 572. The number of hydrogen-bond acceptors (Lipinski definition) is 1. The number of halogens is 3. The van der Waals surface area contributed by atoms with Crippen molar-refractivity contribution in [2.45, 2.75) is 11.2 Å². The maximum atomic E-state index is 6.03. The standard InChI is InChI=1S/C15H13BrCl2O/c1-19-15-5-3-2-4-11(15)12(16)8-10-6-7-13(17)14(18)9-10/h2-7,9,12H,8H2,1H3. The molecule has 0 saturated heterocycles. The van der Waals surface area contributed by atoms with Crippen LogP contribution in [0.4, 0.5) is 0 Å². The van der Waals surface area contributed by atoms with Gasteiger partial charge in [-0.25, -0.2) is 0 Å². The van der Waals surface area contributed by atoms with E-state index in [9.17, 15) is 0 Å². The van der Waals surface area contributed by atoms with Crippen molar-refractivity contribution in [3.8, 4) is 5.75 Å². The molecule has 0 aliphatic rings. The van der Waals surface area contributed by atoms with Gasteiger partial charge >= 0.3 is 0 Å². The van der Waals surface area contributed by atoms with E-state index in [2.05, 4.69) is 22.0 Å². The molecular weight excluding hydrogens is 347 g/mol. The molecule has 0 aliphatic carbocycles. The fourth-order valence-corrected chi connectivity index (χ4v) is 2.98. The van der Waals surface area contributed by atoms with Gasteiger partial charge in [0.15, 0.2) is 0 Å². The maximum absolute atomic E-state index is 6.03. The average Bonchev–Trinajstić information content (AvgIpc) is 2.43. The van der Waals surface area contributed by atoms with Gasteiger partial charge in [0.1, 0.15) is 5.75 Å². The summed E-state index contributed by atoms with van der Waals surface area (Å²) in [5.41, 5.74) is 2.25. The minimum Gasteiger partial charge on any atom is -0.496 e. The summed E-state index contributed by atoms with van der Waals surface area (Å²) in [7, 11) is 1.68. The first-order chi connectivity index (χ1) is 9.11. The van der Waals surface area contributed by atoms with Crippen LogP contribution in [0.5, 0.6) is 5.75 Å². The molecule has 2 rings (SSSR count). The summed E-state index contributed by atoms with van der Waals surface area (Å²) in [6, 6.07) is 13.7. The number of ether oxygens (including phenoxy) is 1. The molecule has 0 amide bonds. The second-order valence-electron chi connectivity index (χ2n) is 4.16. The van der Waals surface area contributed by atoms with Crippen LogP contribution in [0.25, 0.3) is 0 Å². The maximum Gasteiger partial charge on any atom is 0.123 e. The van der Waals surface area contributed by atoms with Crippen molar-refractivity contribution in [2.75, 3.05) is 7.11 Å². The van der Waals surface area contributed by atoms with Crippen molar-refractivity contribution < 1.29 is 4.74 Å². The van der Waals surface area contributed by atoms with Gasteiger partial charge in [-0.05, 0) is 30.2 Å². The van der Waals surface area contributed by atoms with E-state index in [-0.39, 0.29) is 4.83 Å². The Labute approximate surface area is 131 Å². The number of hydrogen-bond donors (Lipinski definition) is 0. The summed E-state index contributed by atoms with van der Waals surface area (Å²) in [5, 5.41) is 1.16. The quantitative estimate of drug-likeness (QED) is 0.638. The molecule has 1 atom stereocenters. The first-order valence-corrected chi connectivity index (χ1v) is 7.50. The summed E-state index contributed by atoms with van der Waals surface area (Å²) in [4.78, 5) is 0.167. The van der Waals surface area contributed by atoms with Crippen LogP contribution in [0.3, 0.4) is 0 Å². The topological polar surface area (TPSA) is 9.23 Å². The second-order valence-corrected chi connectivity index (χ2v) is 6.08. The number of methoxy groups -OCH3 is 1. The first kappa shape index (κ1) is 14.7. The summed E-state index contributed by atoms with van der Waals surface area (Å²) in [6.45, 7) is 0. The first-order valence-electron chi connectivity index (χ1n) is 5.82. The van der Waals surface area contributed by atoms with Crippen LogP contribution in [0.2, 0.25) is 10.0 Å². The molecule has 19 heavy (non-hydrogen) atoms. The van der Waals surface area contributed by atoms with E-state index in [1.165, 1.54) is 0 Å². The van der Waals surface area contributed by atoms with Crippen LogP contribution in [0.15, 0.2) is 42.5 Å². The summed E-state index contributed by atoms with van der Waals surface area (Å²) in [5.74, 6) is 0.879. The minimum absolute atomic E-state index is 0.167. The highest BCUT2D eigenvalue weighted by Gasteiger charge is 2.13. The van der Waals surface area contributed by atoms with E-state index in [4.69, 9.17) is 27.9 Å². The summed E-state index contributed by atoms with van der Waals surface area (Å²) < 4.78 is 5.37. The van der Waals surface area contributed by atoms with Gasteiger partial charge in [-0.2, -0.15) is 0 Å². The Morgan fingerprint density at radius 1 is 1.11 bits per heavy atom. The SMILES string of the molecule is COc1ccccc1C(Br)Cc1ccc(Cl)c(Cl)c1. The van der Waals surface area contributed by atoms with Crippen molar-refractivity contribution >= 4 is 39.1 Å². The molecule has 0 bridgehead atoms.